The summed E-state index contributed by atoms with van der Waals surface area (Å²) in [7, 11) is -3.75. The minimum atomic E-state index is -3.75. The van der Waals surface area contributed by atoms with E-state index in [1.807, 2.05) is 6.92 Å². The van der Waals surface area contributed by atoms with Crippen molar-refractivity contribution in [1.29, 1.82) is 0 Å². The number of esters is 1. The van der Waals surface area contributed by atoms with E-state index in [0.29, 0.717) is 16.3 Å². The van der Waals surface area contributed by atoms with Gasteiger partial charge in [-0.2, -0.15) is 13.5 Å². The fourth-order valence-corrected chi connectivity index (χ4v) is 3.66. The number of hydrazone groups is 1. The third kappa shape index (κ3) is 5.60. The van der Waals surface area contributed by atoms with Crippen LogP contribution in [-0.2, 0) is 10.0 Å². The lowest BCUT2D eigenvalue weighted by Crippen LogP contribution is -2.18. The Morgan fingerprint density at radius 1 is 1.00 bits per heavy atom. The lowest BCUT2D eigenvalue weighted by atomic mass is 10.2. The molecular formula is C21H16Cl2N2O4S. The van der Waals surface area contributed by atoms with Crippen LogP contribution < -0.4 is 9.57 Å². The summed E-state index contributed by atoms with van der Waals surface area (Å²) < 4.78 is 29.7. The van der Waals surface area contributed by atoms with Crippen LogP contribution in [0.1, 0.15) is 21.5 Å². The van der Waals surface area contributed by atoms with E-state index in [2.05, 4.69) is 9.93 Å². The van der Waals surface area contributed by atoms with Crippen LogP contribution in [0.15, 0.2) is 76.7 Å². The Balaban J connectivity index is 1.62. The van der Waals surface area contributed by atoms with Crippen LogP contribution in [0.3, 0.4) is 0 Å². The monoisotopic (exact) mass is 462 g/mol. The Kier molecular flexibility index (Phi) is 6.77. The van der Waals surface area contributed by atoms with Gasteiger partial charge in [-0.05, 0) is 67.1 Å². The third-order valence-electron chi connectivity index (χ3n) is 3.96. The van der Waals surface area contributed by atoms with Gasteiger partial charge in [0.15, 0.2) is 0 Å². The molecule has 154 valence electrons. The second-order valence-corrected chi connectivity index (χ2v) is 8.75. The van der Waals surface area contributed by atoms with Gasteiger partial charge in [0.05, 0.1) is 21.7 Å². The maximum atomic E-state index is 12.2. The SMILES string of the molecule is Cc1ccc(S(=O)(=O)N/N=C\c2ccc(OC(=O)c3ccc(Cl)cc3Cl)cc2)cc1. The normalized spacial score (nSPS) is 11.4. The van der Waals surface area contributed by atoms with Crippen LogP contribution in [0.25, 0.3) is 0 Å². The van der Waals surface area contributed by atoms with Crippen LogP contribution in [0.5, 0.6) is 5.75 Å². The first-order valence-corrected chi connectivity index (χ1v) is 10.9. The number of halogens is 2. The maximum absolute atomic E-state index is 12.2. The number of carbonyl (C=O) groups excluding carboxylic acids is 1. The van der Waals surface area contributed by atoms with Crippen molar-refractivity contribution in [2.75, 3.05) is 0 Å². The highest BCUT2D eigenvalue weighted by molar-refractivity contribution is 7.89. The molecule has 3 aromatic carbocycles. The molecule has 3 aromatic rings. The Hall–Kier alpha value is -2.87. The van der Waals surface area contributed by atoms with Crippen molar-refractivity contribution in [2.24, 2.45) is 5.10 Å². The number of ether oxygens (including phenoxy) is 1. The highest BCUT2D eigenvalue weighted by Gasteiger charge is 2.14. The average molecular weight is 463 g/mol. The number of aryl methyl sites for hydroxylation is 1. The predicted molar refractivity (Wildman–Crippen MR) is 117 cm³/mol. The number of hydrogen-bond acceptors (Lipinski definition) is 5. The summed E-state index contributed by atoms with van der Waals surface area (Å²) in [5.74, 6) is -0.327. The van der Waals surface area contributed by atoms with Crippen LogP contribution in [0, 0.1) is 6.92 Å². The second-order valence-electron chi connectivity index (χ2n) is 6.25. The zero-order valence-electron chi connectivity index (χ0n) is 15.7. The van der Waals surface area contributed by atoms with Crippen LogP contribution >= 0.6 is 23.2 Å². The van der Waals surface area contributed by atoms with Crippen molar-refractivity contribution >= 4 is 45.4 Å². The molecule has 0 aliphatic heterocycles. The van der Waals surface area contributed by atoms with Gasteiger partial charge in [0.2, 0.25) is 0 Å². The van der Waals surface area contributed by atoms with Crippen molar-refractivity contribution in [3.63, 3.8) is 0 Å². The molecule has 30 heavy (non-hydrogen) atoms. The molecule has 0 aromatic heterocycles. The molecule has 0 unspecified atom stereocenters. The smallest absolute Gasteiger partial charge is 0.345 e. The van der Waals surface area contributed by atoms with Gasteiger partial charge in [0, 0.05) is 5.02 Å². The van der Waals surface area contributed by atoms with E-state index in [4.69, 9.17) is 27.9 Å². The first-order chi connectivity index (χ1) is 14.2. The van der Waals surface area contributed by atoms with Gasteiger partial charge < -0.3 is 4.74 Å². The lowest BCUT2D eigenvalue weighted by Gasteiger charge is -2.06. The lowest BCUT2D eigenvalue weighted by molar-refractivity contribution is 0.0735. The van der Waals surface area contributed by atoms with E-state index in [1.165, 1.54) is 30.5 Å². The molecule has 0 saturated heterocycles. The molecule has 0 aliphatic rings. The Labute approximate surface area is 184 Å². The summed E-state index contributed by atoms with van der Waals surface area (Å²) in [4.78, 5) is 14.5. The Bertz CT molecular complexity index is 1190. The molecular weight excluding hydrogens is 447 g/mol. The van der Waals surface area contributed by atoms with E-state index in [-0.39, 0.29) is 15.5 Å². The van der Waals surface area contributed by atoms with E-state index < -0.39 is 16.0 Å². The van der Waals surface area contributed by atoms with E-state index in [0.717, 1.165) is 5.56 Å². The number of benzene rings is 3. The fourth-order valence-electron chi connectivity index (χ4n) is 2.38. The number of sulfonamides is 1. The number of rotatable bonds is 6. The first kappa shape index (κ1) is 21.8. The van der Waals surface area contributed by atoms with Gasteiger partial charge in [-0.3, -0.25) is 0 Å². The second kappa shape index (κ2) is 9.30. The molecule has 6 nitrogen and oxygen atoms in total. The molecule has 1 N–H and O–H groups in total. The molecule has 3 rings (SSSR count). The molecule has 0 fully saturated rings. The summed E-state index contributed by atoms with van der Waals surface area (Å²) in [5, 5.41) is 4.38. The maximum Gasteiger partial charge on any atom is 0.345 e. The summed E-state index contributed by atoms with van der Waals surface area (Å²) in [6.45, 7) is 1.87. The van der Waals surface area contributed by atoms with Gasteiger partial charge in [0.25, 0.3) is 10.0 Å². The first-order valence-electron chi connectivity index (χ1n) is 8.63. The molecule has 0 saturated carbocycles. The van der Waals surface area contributed by atoms with Gasteiger partial charge in [-0.25, -0.2) is 9.63 Å². The zero-order chi connectivity index (χ0) is 21.7. The topological polar surface area (TPSA) is 84.8 Å². The van der Waals surface area contributed by atoms with E-state index in [9.17, 15) is 13.2 Å². The van der Waals surface area contributed by atoms with Gasteiger partial charge in [0.1, 0.15) is 5.75 Å². The molecule has 9 heteroatoms. The zero-order valence-corrected chi connectivity index (χ0v) is 18.0. The highest BCUT2D eigenvalue weighted by atomic mass is 35.5. The van der Waals surface area contributed by atoms with Gasteiger partial charge in [-0.1, -0.05) is 40.9 Å². The minimum Gasteiger partial charge on any atom is -0.423 e. The van der Waals surface area contributed by atoms with Crippen LogP contribution in [0.2, 0.25) is 10.0 Å². The summed E-state index contributed by atoms with van der Waals surface area (Å²) >= 11 is 11.8. The molecule has 0 bridgehead atoms. The van der Waals surface area contributed by atoms with Crippen molar-refractivity contribution in [3.05, 3.63) is 93.5 Å². The molecule has 0 atom stereocenters. The Morgan fingerprint density at radius 3 is 2.30 bits per heavy atom. The standard InChI is InChI=1S/C21H16Cl2N2O4S/c1-14-2-9-18(10-3-14)30(27,28)25-24-13-15-4-7-17(8-5-15)29-21(26)19-11-6-16(22)12-20(19)23/h2-13,25H,1H3/b24-13-. The van der Waals surface area contributed by atoms with Crippen molar-refractivity contribution in [1.82, 2.24) is 4.83 Å². The van der Waals surface area contributed by atoms with E-state index in [1.54, 1.807) is 42.5 Å². The van der Waals surface area contributed by atoms with Crippen molar-refractivity contribution < 1.29 is 17.9 Å². The highest BCUT2D eigenvalue weighted by Crippen LogP contribution is 2.23. The van der Waals surface area contributed by atoms with Crippen molar-refractivity contribution in [3.8, 4) is 5.75 Å². The number of nitrogens with zero attached hydrogens (tertiary/aromatic N) is 1. The predicted octanol–water partition coefficient (Wildman–Crippen LogP) is 4.83. The van der Waals surface area contributed by atoms with Gasteiger partial charge in [-0.15, -0.1) is 0 Å². The fraction of sp³-hybridized carbons (Fsp3) is 0.0476. The van der Waals surface area contributed by atoms with E-state index >= 15 is 0 Å². The molecule has 0 spiro atoms. The van der Waals surface area contributed by atoms with Crippen LogP contribution in [-0.4, -0.2) is 20.6 Å². The summed E-state index contributed by atoms with van der Waals surface area (Å²) in [6, 6.07) is 17.2. The number of carbonyl (C=O) groups is 1. The third-order valence-corrected chi connectivity index (χ3v) is 5.75. The molecule has 0 amide bonds. The van der Waals surface area contributed by atoms with Crippen molar-refractivity contribution in [2.45, 2.75) is 11.8 Å². The van der Waals surface area contributed by atoms with Gasteiger partial charge >= 0.3 is 5.97 Å². The number of hydrogen-bond donors (Lipinski definition) is 1. The molecule has 0 aliphatic carbocycles. The summed E-state index contributed by atoms with van der Waals surface area (Å²) in [5.41, 5.74) is 1.75. The van der Waals surface area contributed by atoms with Crippen LogP contribution in [0.4, 0.5) is 0 Å². The Morgan fingerprint density at radius 2 is 1.67 bits per heavy atom. The number of nitrogens with one attached hydrogen (secondary N) is 1. The minimum absolute atomic E-state index is 0.119. The molecule has 0 heterocycles. The molecule has 0 radical (unpaired) electrons. The quantitative estimate of drug-likeness (QED) is 0.246. The average Bonchev–Trinajstić information content (AvgIpc) is 2.69. The summed E-state index contributed by atoms with van der Waals surface area (Å²) in [6.07, 6.45) is 1.34. The largest absolute Gasteiger partial charge is 0.423 e.